The second-order valence-corrected chi connectivity index (χ2v) is 6.49. The van der Waals surface area contributed by atoms with Crippen molar-refractivity contribution in [3.63, 3.8) is 0 Å². The molecule has 0 aliphatic carbocycles. The predicted octanol–water partition coefficient (Wildman–Crippen LogP) is 2.22. The molecule has 1 atom stereocenters. The number of pyridine rings is 1. The zero-order valence-electron chi connectivity index (χ0n) is 14.4. The van der Waals surface area contributed by atoms with Crippen molar-refractivity contribution in [3.05, 3.63) is 35.7 Å². The van der Waals surface area contributed by atoms with Crippen molar-refractivity contribution >= 4 is 0 Å². The standard InChI is InChI=1S/C17H25N5O/c1-12(2)21-7-8-22-16(9-14(21)4)19-20-17(22)11-23-15-6-5-13(3)18-10-15/h5-6,10,12,14H,7-9,11H2,1-4H3/t14-/m1/s1. The molecule has 1 aliphatic rings. The molecule has 0 bridgehead atoms. The Morgan fingerprint density at radius 3 is 2.78 bits per heavy atom. The van der Waals surface area contributed by atoms with Gasteiger partial charge in [0, 0.05) is 37.3 Å². The molecule has 0 saturated carbocycles. The lowest BCUT2D eigenvalue weighted by Gasteiger charge is -2.30. The molecule has 23 heavy (non-hydrogen) atoms. The van der Waals surface area contributed by atoms with Crippen molar-refractivity contribution in [1.82, 2.24) is 24.6 Å². The third-order valence-electron chi connectivity index (χ3n) is 4.45. The lowest BCUT2D eigenvalue weighted by molar-refractivity contribution is 0.165. The van der Waals surface area contributed by atoms with Gasteiger partial charge in [-0.2, -0.15) is 0 Å². The summed E-state index contributed by atoms with van der Waals surface area (Å²) < 4.78 is 8.02. The number of hydrogen-bond acceptors (Lipinski definition) is 5. The molecule has 1 aliphatic heterocycles. The molecule has 6 nitrogen and oxygen atoms in total. The van der Waals surface area contributed by atoms with Crippen molar-refractivity contribution in [2.75, 3.05) is 6.54 Å². The van der Waals surface area contributed by atoms with Crippen LogP contribution in [0.4, 0.5) is 0 Å². The third-order valence-corrected chi connectivity index (χ3v) is 4.45. The van der Waals surface area contributed by atoms with Crippen LogP contribution < -0.4 is 4.74 Å². The highest BCUT2D eigenvalue weighted by Gasteiger charge is 2.25. The van der Waals surface area contributed by atoms with Crippen LogP contribution >= 0.6 is 0 Å². The van der Waals surface area contributed by atoms with Gasteiger partial charge >= 0.3 is 0 Å². The average molecular weight is 315 g/mol. The molecule has 0 saturated heterocycles. The SMILES string of the molecule is Cc1ccc(OCc2nnc3n2CCN(C(C)C)[C@H](C)C3)cn1. The van der Waals surface area contributed by atoms with Crippen LogP contribution in [0.15, 0.2) is 18.3 Å². The van der Waals surface area contributed by atoms with Gasteiger partial charge in [-0.1, -0.05) is 0 Å². The van der Waals surface area contributed by atoms with E-state index in [9.17, 15) is 0 Å². The molecule has 2 aromatic rings. The summed E-state index contributed by atoms with van der Waals surface area (Å²) in [6, 6.07) is 4.91. The number of aromatic nitrogens is 4. The molecule has 0 fully saturated rings. The molecule has 0 N–H and O–H groups in total. The Labute approximate surface area is 137 Å². The summed E-state index contributed by atoms with van der Waals surface area (Å²) in [5.41, 5.74) is 0.983. The van der Waals surface area contributed by atoms with Gasteiger partial charge in [-0.3, -0.25) is 9.88 Å². The van der Waals surface area contributed by atoms with Crippen LogP contribution in [-0.4, -0.2) is 43.3 Å². The van der Waals surface area contributed by atoms with Gasteiger partial charge in [0.1, 0.15) is 18.2 Å². The number of aryl methyl sites for hydroxylation is 1. The number of rotatable bonds is 4. The molecule has 2 aromatic heterocycles. The lowest BCUT2D eigenvalue weighted by atomic mass is 10.1. The van der Waals surface area contributed by atoms with Gasteiger partial charge in [-0.25, -0.2) is 0 Å². The number of fused-ring (bicyclic) bond motifs is 1. The van der Waals surface area contributed by atoms with Crippen LogP contribution in [0.3, 0.4) is 0 Å². The molecule has 3 heterocycles. The van der Waals surface area contributed by atoms with Gasteiger partial charge in [0.2, 0.25) is 0 Å². The van der Waals surface area contributed by atoms with Gasteiger partial charge < -0.3 is 9.30 Å². The van der Waals surface area contributed by atoms with E-state index in [1.54, 1.807) is 6.20 Å². The van der Waals surface area contributed by atoms with E-state index >= 15 is 0 Å². The van der Waals surface area contributed by atoms with Crippen LogP contribution in [0.25, 0.3) is 0 Å². The first-order valence-corrected chi connectivity index (χ1v) is 8.26. The summed E-state index contributed by atoms with van der Waals surface area (Å²) >= 11 is 0. The summed E-state index contributed by atoms with van der Waals surface area (Å²) in [5, 5.41) is 8.70. The van der Waals surface area contributed by atoms with Crippen molar-refractivity contribution in [2.45, 2.75) is 59.4 Å². The topological polar surface area (TPSA) is 56.1 Å². The normalized spacial score (nSPS) is 18.7. The molecule has 0 amide bonds. The van der Waals surface area contributed by atoms with E-state index in [0.29, 0.717) is 18.7 Å². The number of nitrogens with zero attached hydrogens (tertiary/aromatic N) is 5. The molecule has 0 unspecified atom stereocenters. The van der Waals surface area contributed by atoms with Gasteiger partial charge in [0.25, 0.3) is 0 Å². The van der Waals surface area contributed by atoms with E-state index in [1.807, 2.05) is 19.1 Å². The Kier molecular flexibility index (Phi) is 4.61. The fourth-order valence-electron chi connectivity index (χ4n) is 3.16. The van der Waals surface area contributed by atoms with Crippen LogP contribution in [0, 0.1) is 6.92 Å². The summed E-state index contributed by atoms with van der Waals surface area (Å²) in [6.07, 6.45) is 2.68. The van der Waals surface area contributed by atoms with Gasteiger partial charge in [-0.05, 0) is 39.8 Å². The maximum absolute atomic E-state index is 5.81. The van der Waals surface area contributed by atoms with E-state index in [-0.39, 0.29) is 0 Å². The number of ether oxygens (including phenoxy) is 1. The Bertz CT molecular complexity index is 650. The van der Waals surface area contributed by atoms with E-state index in [2.05, 4.69) is 45.4 Å². The summed E-state index contributed by atoms with van der Waals surface area (Å²) in [7, 11) is 0. The smallest absolute Gasteiger partial charge is 0.171 e. The minimum atomic E-state index is 0.424. The highest BCUT2D eigenvalue weighted by atomic mass is 16.5. The van der Waals surface area contributed by atoms with Gasteiger partial charge in [0.05, 0.1) is 6.20 Å². The third kappa shape index (κ3) is 3.52. The maximum Gasteiger partial charge on any atom is 0.171 e. The van der Waals surface area contributed by atoms with E-state index in [4.69, 9.17) is 4.74 Å². The molecule has 6 heteroatoms. The first-order valence-electron chi connectivity index (χ1n) is 8.26. The van der Waals surface area contributed by atoms with Crippen molar-refractivity contribution in [2.24, 2.45) is 0 Å². The van der Waals surface area contributed by atoms with Gasteiger partial charge in [0.15, 0.2) is 5.82 Å². The lowest BCUT2D eigenvalue weighted by Crippen LogP contribution is -2.40. The summed E-state index contributed by atoms with van der Waals surface area (Å²) in [4.78, 5) is 6.76. The molecular formula is C17H25N5O. The van der Waals surface area contributed by atoms with Crippen LogP contribution in [0.2, 0.25) is 0 Å². The predicted molar refractivity (Wildman–Crippen MR) is 88.3 cm³/mol. The van der Waals surface area contributed by atoms with Crippen molar-refractivity contribution in [1.29, 1.82) is 0 Å². The molecule has 0 aromatic carbocycles. The van der Waals surface area contributed by atoms with Crippen LogP contribution in [0.1, 0.15) is 38.1 Å². The largest absolute Gasteiger partial charge is 0.484 e. The molecule has 124 valence electrons. The number of hydrogen-bond donors (Lipinski definition) is 0. The van der Waals surface area contributed by atoms with Gasteiger partial charge in [-0.15, -0.1) is 10.2 Å². The fraction of sp³-hybridized carbons (Fsp3) is 0.588. The van der Waals surface area contributed by atoms with E-state index < -0.39 is 0 Å². The Morgan fingerprint density at radius 1 is 1.26 bits per heavy atom. The Morgan fingerprint density at radius 2 is 2.09 bits per heavy atom. The zero-order valence-corrected chi connectivity index (χ0v) is 14.4. The van der Waals surface area contributed by atoms with Crippen molar-refractivity contribution in [3.8, 4) is 5.75 Å². The van der Waals surface area contributed by atoms with Crippen LogP contribution in [0.5, 0.6) is 5.75 Å². The van der Waals surface area contributed by atoms with Crippen molar-refractivity contribution < 1.29 is 4.74 Å². The highest BCUT2D eigenvalue weighted by Crippen LogP contribution is 2.18. The Hall–Kier alpha value is -1.95. The quantitative estimate of drug-likeness (QED) is 0.866. The Balaban J connectivity index is 1.71. The first-order chi connectivity index (χ1) is 11.0. The minimum Gasteiger partial charge on any atom is -0.484 e. The zero-order chi connectivity index (χ0) is 16.4. The fourth-order valence-corrected chi connectivity index (χ4v) is 3.16. The molecule has 3 rings (SSSR count). The maximum atomic E-state index is 5.81. The highest BCUT2D eigenvalue weighted by molar-refractivity contribution is 5.19. The van der Waals surface area contributed by atoms with Crippen LogP contribution in [-0.2, 0) is 19.6 Å². The van der Waals surface area contributed by atoms with E-state index in [1.165, 1.54) is 0 Å². The summed E-state index contributed by atoms with van der Waals surface area (Å²) in [6.45, 7) is 11.1. The minimum absolute atomic E-state index is 0.424. The monoisotopic (exact) mass is 315 g/mol. The second kappa shape index (κ2) is 6.66. The average Bonchev–Trinajstić information content (AvgIpc) is 2.80. The molecular weight excluding hydrogens is 290 g/mol. The second-order valence-electron chi connectivity index (χ2n) is 6.49. The molecule has 0 spiro atoms. The first kappa shape index (κ1) is 15.9. The summed E-state index contributed by atoms with van der Waals surface area (Å²) in [5.74, 6) is 2.71. The molecule has 0 radical (unpaired) electrons. The van der Waals surface area contributed by atoms with E-state index in [0.717, 1.165) is 42.6 Å².